The summed E-state index contributed by atoms with van der Waals surface area (Å²) in [6.07, 6.45) is 1.20. The van der Waals surface area contributed by atoms with Gasteiger partial charge in [-0.2, -0.15) is 10.4 Å². The summed E-state index contributed by atoms with van der Waals surface area (Å²) in [5.74, 6) is 0.316. The number of rotatable bonds is 4. The molecule has 0 saturated heterocycles. The van der Waals surface area contributed by atoms with Gasteiger partial charge in [-0.1, -0.05) is 19.9 Å². The highest BCUT2D eigenvalue weighted by Gasteiger charge is 2.21. The lowest BCUT2D eigenvalue weighted by Gasteiger charge is -2.15. The predicted octanol–water partition coefficient (Wildman–Crippen LogP) is 3.69. The second-order valence-corrected chi connectivity index (χ2v) is 7.08. The van der Waals surface area contributed by atoms with Crippen LogP contribution in [0.15, 0.2) is 47.7 Å². The summed E-state index contributed by atoms with van der Waals surface area (Å²) in [6.45, 7) is 5.69. The highest BCUT2D eigenvalue weighted by Crippen LogP contribution is 2.26. The fourth-order valence-corrected chi connectivity index (χ4v) is 3.45. The van der Waals surface area contributed by atoms with E-state index >= 15 is 0 Å². The van der Waals surface area contributed by atoms with Crippen molar-refractivity contribution in [3.63, 3.8) is 0 Å². The van der Waals surface area contributed by atoms with Gasteiger partial charge in [0.2, 0.25) is 5.90 Å². The van der Waals surface area contributed by atoms with Crippen LogP contribution in [0.5, 0.6) is 0 Å². The Balaban J connectivity index is 1.65. The number of nitriles is 1. The molecule has 1 amide bonds. The van der Waals surface area contributed by atoms with Crippen LogP contribution in [0.3, 0.4) is 0 Å². The van der Waals surface area contributed by atoms with Gasteiger partial charge in [-0.15, -0.1) is 5.10 Å². The molecule has 0 aliphatic carbocycles. The molecule has 2 aromatic carbocycles. The Bertz CT molecular complexity index is 1170. The molecular weight excluding hydrogens is 368 g/mol. The summed E-state index contributed by atoms with van der Waals surface area (Å²) in [5.41, 5.74) is 6.04. The van der Waals surface area contributed by atoms with Crippen LogP contribution in [0.1, 0.15) is 54.5 Å². The minimum atomic E-state index is -0.529. The number of nitrogens with one attached hydrogen (secondary N) is 2. The average molecular weight is 388 g/mol. The molecule has 1 aliphatic rings. The van der Waals surface area contributed by atoms with Gasteiger partial charge >= 0.3 is 0 Å². The first-order valence-electron chi connectivity index (χ1n) is 9.26. The number of ether oxygens (including phenoxy) is 1. The van der Waals surface area contributed by atoms with Crippen molar-refractivity contribution in [2.45, 2.75) is 33.0 Å². The summed E-state index contributed by atoms with van der Waals surface area (Å²) in [6, 6.07) is 12.9. The maximum atomic E-state index is 13.0. The van der Waals surface area contributed by atoms with E-state index in [9.17, 15) is 10.1 Å². The number of hydrazone groups is 1. The van der Waals surface area contributed by atoms with Crippen LogP contribution in [0.4, 0.5) is 5.69 Å². The molecule has 1 atom stereocenters. The van der Waals surface area contributed by atoms with Crippen LogP contribution < -0.4 is 10.7 Å². The van der Waals surface area contributed by atoms with Crippen molar-refractivity contribution in [3.05, 3.63) is 59.3 Å². The molecule has 0 fully saturated rings. The van der Waals surface area contributed by atoms with E-state index in [1.807, 2.05) is 32.0 Å². The standard InChI is InChI=1S/C21H20N6O2/c1-12(2)19-14(10-22)5-4-6-17(19)20(28)24-16-8-7-15-11-23-27(18(15)9-16)21-26-25-13(3)29-21/h4-9,11-12,21,26H,1-3H3,(H,24,28). The Kier molecular flexibility index (Phi) is 4.64. The van der Waals surface area contributed by atoms with Gasteiger partial charge < -0.3 is 10.1 Å². The number of nitrogens with zero attached hydrogens (tertiary/aromatic N) is 4. The molecule has 3 aromatic rings. The Hall–Kier alpha value is -3.86. The van der Waals surface area contributed by atoms with Crippen LogP contribution in [0, 0.1) is 11.3 Å². The van der Waals surface area contributed by atoms with Gasteiger partial charge in [-0.3, -0.25) is 4.79 Å². The summed E-state index contributed by atoms with van der Waals surface area (Å²) in [7, 11) is 0. The average Bonchev–Trinajstić information content (AvgIpc) is 3.32. The number of benzene rings is 2. The predicted molar refractivity (Wildman–Crippen MR) is 109 cm³/mol. The highest BCUT2D eigenvalue weighted by atomic mass is 16.5. The van der Waals surface area contributed by atoms with Crippen molar-refractivity contribution in [2.75, 3.05) is 5.32 Å². The number of amides is 1. The summed E-state index contributed by atoms with van der Waals surface area (Å²) < 4.78 is 7.26. The SMILES string of the molecule is CC1=NNC(n2ncc3ccc(NC(=O)c4cccc(C#N)c4C(C)C)cc32)O1. The normalized spacial score (nSPS) is 15.6. The molecule has 8 nitrogen and oxygen atoms in total. The highest BCUT2D eigenvalue weighted by molar-refractivity contribution is 6.06. The quantitative estimate of drug-likeness (QED) is 0.709. The van der Waals surface area contributed by atoms with Gasteiger partial charge in [0.15, 0.2) is 0 Å². The minimum Gasteiger partial charge on any atom is -0.435 e. The first-order valence-corrected chi connectivity index (χ1v) is 9.26. The molecule has 8 heteroatoms. The third-order valence-corrected chi connectivity index (χ3v) is 4.74. The van der Waals surface area contributed by atoms with Crippen molar-refractivity contribution < 1.29 is 9.53 Å². The van der Waals surface area contributed by atoms with E-state index in [2.05, 4.69) is 27.0 Å². The molecule has 0 radical (unpaired) electrons. The topological polar surface area (TPSA) is 104 Å². The molecular formula is C21H20N6O2. The van der Waals surface area contributed by atoms with Gasteiger partial charge in [0.25, 0.3) is 12.3 Å². The summed E-state index contributed by atoms with van der Waals surface area (Å²) in [4.78, 5) is 13.0. The molecule has 1 unspecified atom stereocenters. The second-order valence-electron chi connectivity index (χ2n) is 7.08. The number of carbonyl (C=O) groups excluding carboxylic acids is 1. The molecule has 0 spiro atoms. The van der Waals surface area contributed by atoms with Gasteiger partial charge in [0.05, 0.1) is 23.3 Å². The molecule has 1 aromatic heterocycles. The van der Waals surface area contributed by atoms with Crippen LogP contribution in [0.2, 0.25) is 0 Å². The van der Waals surface area contributed by atoms with Crippen LogP contribution in [-0.4, -0.2) is 21.6 Å². The van der Waals surface area contributed by atoms with E-state index in [1.54, 1.807) is 36.0 Å². The van der Waals surface area contributed by atoms with Crippen molar-refractivity contribution >= 4 is 28.4 Å². The van der Waals surface area contributed by atoms with Gasteiger partial charge in [-0.05, 0) is 41.8 Å². The zero-order valence-electron chi connectivity index (χ0n) is 16.3. The smallest absolute Gasteiger partial charge is 0.286 e. The van der Waals surface area contributed by atoms with E-state index in [0.29, 0.717) is 22.7 Å². The number of anilines is 1. The lowest BCUT2D eigenvalue weighted by atomic mass is 9.92. The third kappa shape index (κ3) is 3.38. The number of aromatic nitrogens is 2. The number of fused-ring (bicyclic) bond motifs is 1. The second kappa shape index (κ2) is 7.28. The fraction of sp³-hybridized carbons (Fsp3) is 0.238. The van der Waals surface area contributed by atoms with Crippen LogP contribution in [0.25, 0.3) is 10.9 Å². The molecule has 2 N–H and O–H groups in total. The Labute approximate surface area is 167 Å². The fourth-order valence-electron chi connectivity index (χ4n) is 3.45. The number of hydrogen-bond acceptors (Lipinski definition) is 6. The van der Waals surface area contributed by atoms with E-state index in [-0.39, 0.29) is 11.8 Å². The maximum Gasteiger partial charge on any atom is 0.286 e. The Morgan fingerprint density at radius 1 is 1.34 bits per heavy atom. The van der Waals surface area contributed by atoms with E-state index < -0.39 is 6.35 Å². The number of carbonyl (C=O) groups is 1. The monoisotopic (exact) mass is 388 g/mol. The molecule has 146 valence electrons. The van der Waals surface area contributed by atoms with Gasteiger partial charge in [0.1, 0.15) is 0 Å². The molecule has 29 heavy (non-hydrogen) atoms. The van der Waals surface area contributed by atoms with Crippen molar-refractivity contribution in [1.82, 2.24) is 15.2 Å². The van der Waals surface area contributed by atoms with Gasteiger partial charge in [0, 0.05) is 23.6 Å². The maximum absolute atomic E-state index is 13.0. The van der Waals surface area contributed by atoms with E-state index in [4.69, 9.17) is 4.74 Å². The lowest BCUT2D eigenvalue weighted by Crippen LogP contribution is -2.21. The largest absolute Gasteiger partial charge is 0.435 e. The van der Waals surface area contributed by atoms with Crippen LogP contribution >= 0.6 is 0 Å². The molecule has 0 bridgehead atoms. The van der Waals surface area contributed by atoms with Crippen molar-refractivity contribution in [1.29, 1.82) is 5.26 Å². The van der Waals surface area contributed by atoms with Crippen molar-refractivity contribution in [2.24, 2.45) is 5.10 Å². The van der Waals surface area contributed by atoms with Crippen molar-refractivity contribution in [3.8, 4) is 6.07 Å². The Morgan fingerprint density at radius 2 is 2.17 bits per heavy atom. The number of hydrogen-bond donors (Lipinski definition) is 2. The summed E-state index contributed by atoms with van der Waals surface area (Å²) in [5, 5.41) is 21.6. The van der Waals surface area contributed by atoms with E-state index in [0.717, 1.165) is 16.5 Å². The molecule has 1 aliphatic heterocycles. The molecule has 4 rings (SSSR count). The zero-order valence-corrected chi connectivity index (χ0v) is 16.3. The first-order chi connectivity index (χ1) is 14.0. The minimum absolute atomic E-state index is 0.0457. The third-order valence-electron chi connectivity index (χ3n) is 4.74. The zero-order chi connectivity index (χ0) is 20.5. The van der Waals surface area contributed by atoms with E-state index in [1.165, 1.54) is 0 Å². The van der Waals surface area contributed by atoms with Gasteiger partial charge in [-0.25, -0.2) is 10.1 Å². The molecule has 2 heterocycles. The lowest BCUT2D eigenvalue weighted by molar-refractivity contribution is 0.102. The molecule has 0 saturated carbocycles. The summed E-state index contributed by atoms with van der Waals surface area (Å²) >= 11 is 0. The first kappa shape index (κ1) is 18.5. The Morgan fingerprint density at radius 3 is 2.86 bits per heavy atom. The van der Waals surface area contributed by atoms with Crippen LogP contribution in [-0.2, 0) is 4.74 Å².